The first kappa shape index (κ1) is 18.7. The highest BCUT2D eigenvalue weighted by Gasteiger charge is 2.09. The Hall–Kier alpha value is -2.62. The van der Waals surface area contributed by atoms with E-state index in [2.05, 4.69) is 22.8 Å². The van der Waals surface area contributed by atoms with Crippen LogP contribution in [0.4, 0.5) is 5.69 Å². The highest BCUT2D eigenvalue weighted by Crippen LogP contribution is 2.11. The smallest absolute Gasteiger partial charge is 0.251 e. The lowest BCUT2D eigenvalue weighted by atomic mass is 10.1. The molecule has 2 aromatic carbocycles. The minimum absolute atomic E-state index is 0.00672. The second-order valence-corrected chi connectivity index (χ2v) is 6.25. The summed E-state index contributed by atoms with van der Waals surface area (Å²) in [6.45, 7) is 4.00. The maximum atomic E-state index is 12.0. The van der Waals surface area contributed by atoms with Crippen LogP contribution >= 0.6 is 0 Å². The minimum Gasteiger partial charge on any atom is -0.350 e. The van der Waals surface area contributed by atoms with Crippen LogP contribution in [0.3, 0.4) is 0 Å². The average Bonchev–Trinajstić information content (AvgIpc) is 2.63. The van der Waals surface area contributed by atoms with Crippen molar-refractivity contribution in [2.75, 3.05) is 5.32 Å². The molecule has 2 rings (SSSR count). The molecule has 2 amide bonds. The van der Waals surface area contributed by atoms with Gasteiger partial charge in [0.25, 0.3) is 5.91 Å². The Balaban J connectivity index is 1.78. The normalized spacial score (nSPS) is 11.6. The first-order chi connectivity index (χ1) is 12.1. The Kier molecular flexibility index (Phi) is 7.20. The molecule has 0 heterocycles. The van der Waals surface area contributed by atoms with Crippen molar-refractivity contribution in [1.82, 2.24) is 5.32 Å². The minimum atomic E-state index is -0.0879. The maximum Gasteiger partial charge on any atom is 0.251 e. The van der Waals surface area contributed by atoms with Crippen LogP contribution in [0.1, 0.15) is 49.0 Å². The molecule has 1 unspecified atom stereocenters. The van der Waals surface area contributed by atoms with Gasteiger partial charge in [0.05, 0.1) is 0 Å². The Labute approximate surface area is 149 Å². The SMILES string of the molecule is CCC(C)NC(=O)c1ccc(NC(=O)CCCc2ccccc2)cc1. The highest BCUT2D eigenvalue weighted by atomic mass is 16.2. The summed E-state index contributed by atoms with van der Waals surface area (Å²) in [5.74, 6) is -0.0946. The van der Waals surface area contributed by atoms with Gasteiger partial charge in [0.2, 0.25) is 5.91 Å². The van der Waals surface area contributed by atoms with Gasteiger partial charge in [-0.15, -0.1) is 0 Å². The summed E-state index contributed by atoms with van der Waals surface area (Å²) >= 11 is 0. The van der Waals surface area contributed by atoms with Gasteiger partial charge < -0.3 is 10.6 Å². The van der Waals surface area contributed by atoms with E-state index in [0.717, 1.165) is 19.3 Å². The lowest BCUT2D eigenvalue weighted by Gasteiger charge is -2.11. The zero-order valence-corrected chi connectivity index (χ0v) is 14.9. The van der Waals surface area contributed by atoms with Gasteiger partial charge in [-0.1, -0.05) is 37.3 Å². The standard InChI is InChI=1S/C21H26N2O2/c1-3-16(2)22-21(25)18-12-14-19(15-13-18)23-20(24)11-7-10-17-8-5-4-6-9-17/h4-6,8-9,12-16H,3,7,10-11H2,1-2H3,(H,22,25)(H,23,24). The number of amides is 2. The van der Waals surface area contributed by atoms with Gasteiger partial charge in [0.1, 0.15) is 0 Å². The van der Waals surface area contributed by atoms with Gasteiger partial charge in [-0.2, -0.15) is 0 Å². The summed E-state index contributed by atoms with van der Waals surface area (Å²) in [6, 6.07) is 17.3. The van der Waals surface area contributed by atoms with Crippen LogP contribution in [-0.2, 0) is 11.2 Å². The van der Waals surface area contributed by atoms with Crippen molar-refractivity contribution in [3.8, 4) is 0 Å². The summed E-state index contributed by atoms with van der Waals surface area (Å²) in [7, 11) is 0. The van der Waals surface area contributed by atoms with Crippen LogP contribution in [0.2, 0.25) is 0 Å². The van der Waals surface area contributed by atoms with Crippen molar-refractivity contribution in [3.05, 3.63) is 65.7 Å². The Bertz CT molecular complexity index is 681. The van der Waals surface area contributed by atoms with E-state index in [1.165, 1.54) is 5.56 Å². The zero-order valence-electron chi connectivity index (χ0n) is 14.9. The van der Waals surface area contributed by atoms with Crippen molar-refractivity contribution >= 4 is 17.5 Å². The Morgan fingerprint density at radius 1 is 1.00 bits per heavy atom. The molecule has 132 valence electrons. The first-order valence-electron chi connectivity index (χ1n) is 8.83. The molecule has 25 heavy (non-hydrogen) atoms. The van der Waals surface area contributed by atoms with E-state index in [-0.39, 0.29) is 17.9 Å². The molecule has 2 N–H and O–H groups in total. The number of rotatable bonds is 8. The molecule has 0 saturated heterocycles. The lowest BCUT2D eigenvalue weighted by Crippen LogP contribution is -2.31. The molecule has 0 aliphatic carbocycles. The monoisotopic (exact) mass is 338 g/mol. The molecule has 0 aromatic heterocycles. The van der Waals surface area contributed by atoms with Crippen LogP contribution in [-0.4, -0.2) is 17.9 Å². The molecule has 4 nitrogen and oxygen atoms in total. The van der Waals surface area contributed by atoms with Gasteiger partial charge in [-0.25, -0.2) is 0 Å². The van der Waals surface area contributed by atoms with Crippen molar-refractivity contribution < 1.29 is 9.59 Å². The number of hydrogen-bond acceptors (Lipinski definition) is 2. The second-order valence-electron chi connectivity index (χ2n) is 6.25. The molecular formula is C21H26N2O2. The second kappa shape index (κ2) is 9.62. The number of carbonyl (C=O) groups excluding carboxylic acids is 2. The van der Waals surface area contributed by atoms with Crippen molar-refractivity contribution in [2.45, 2.75) is 45.6 Å². The molecule has 0 spiro atoms. The fourth-order valence-corrected chi connectivity index (χ4v) is 2.44. The van der Waals surface area contributed by atoms with Crippen LogP contribution < -0.4 is 10.6 Å². The number of benzene rings is 2. The number of carbonyl (C=O) groups is 2. The molecule has 1 atom stereocenters. The van der Waals surface area contributed by atoms with Gasteiger partial charge in [-0.05, 0) is 56.0 Å². The summed E-state index contributed by atoms with van der Waals surface area (Å²) in [5.41, 5.74) is 2.55. The first-order valence-corrected chi connectivity index (χ1v) is 8.83. The fourth-order valence-electron chi connectivity index (χ4n) is 2.44. The maximum absolute atomic E-state index is 12.0. The van der Waals surface area contributed by atoms with Gasteiger partial charge in [0.15, 0.2) is 0 Å². The van der Waals surface area contributed by atoms with Gasteiger partial charge >= 0.3 is 0 Å². The molecule has 2 aromatic rings. The molecule has 0 bridgehead atoms. The van der Waals surface area contributed by atoms with Crippen molar-refractivity contribution in [3.63, 3.8) is 0 Å². The predicted octanol–water partition coefficient (Wildman–Crippen LogP) is 4.18. The molecule has 4 heteroatoms. The topological polar surface area (TPSA) is 58.2 Å². The van der Waals surface area contributed by atoms with Gasteiger partial charge in [-0.3, -0.25) is 9.59 Å². The van der Waals surface area contributed by atoms with Crippen LogP contribution in [0.15, 0.2) is 54.6 Å². The summed E-state index contributed by atoms with van der Waals surface area (Å²) in [6.07, 6.45) is 3.07. The van der Waals surface area contributed by atoms with Crippen molar-refractivity contribution in [1.29, 1.82) is 0 Å². The molecule has 0 aliphatic heterocycles. The fraction of sp³-hybridized carbons (Fsp3) is 0.333. The molecule has 0 aliphatic rings. The zero-order chi connectivity index (χ0) is 18.1. The largest absolute Gasteiger partial charge is 0.350 e. The Morgan fingerprint density at radius 2 is 1.68 bits per heavy atom. The van der Waals surface area contributed by atoms with E-state index in [4.69, 9.17) is 0 Å². The average molecular weight is 338 g/mol. The number of hydrogen-bond donors (Lipinski definition) is 2. The summed E-state index contributed by atoms with van der Waals surface area (Å²) in [4.78, 5) is 24.0. The molecule has 0 radical (unpaired) electrons. The van der Waals surface area contributed by atoms with Crippen LogP contribution in [0, 0.1) is 0 Å². The summed E-state index contributed by atoms with van der Waals surface area (Å²) in [5, 5.41) is 5.80. The number of anilines is 1. The Morgan fingerprint density at radius 3 is 2.32 bits per heavy atom. The number of nitrogens with one attached hydrogen (secondary N) is 2. The predicted molar refractivity (Wildman–Crippen MR) is 102 cm³/mol. The van der Waals surface area contributed by atoms with E-state index < -0.39 is 0 Å². The molecule has 0 saturated carbocycles. The third-order valence-corrected chi connectivity index (χ3v) is 4.13. The molecule has 0 fully saturated rings. The third-order valence-electron chi connectivity index (χ3n) is 4.13. The van der Waals surface area contributed by atoms with Crippen LogP contribution in [0.25, 0.3) is 0 Å². The van der Waals surface area contributed by atoms with E-state index in [9.17, 15) is 9.59 Å². The van der Waals surface area contributed by atoms with Crippen molar-refractivity contribution in [2.24, 2.45) is 0 Å². The summed E-state index contributed by atoms with van der Waals surface area (Å²) < 4.78 is 0. The van der Waals surface area contributed by atoms with Gasteiger partial charge in [0, 0.05) is 23.7 Å². The molecular weight excluding hydrogens is 312 g/mol. The number of aryl methyl sites for hydroxylation is 1. The third kappa shape index (κ3) is 6.42. The lowest BCUT2D eigenvalue weighted by molar-refractivity contribution is -0.116. The van der Waals surface area contributed by atoms with E-state index in [1.54, 1.807) is 24.3 Å². The van der Waals surface area contributed by atoms with E-state index >= 15 is 0 Å². The van der Waals surface area contributed by atoms with E-state index in [0.29, 0.717) is 17.7 Å². The quantitative estimate of drug-likeness (QED) is 0.759. The van der Waals surface area contributed by atoms with Crippen LogP contribution in [0.5, 0.6) is 0 Å². The van der Waals surface area contributed by atoms with E-state index in [1.807, 2.05) is 32.0 Å². The highest BCUT2D eigenvalue weighted by molar-refractivity contribution is 5.95.